The lowest BCUT2D eigenvalue weighted by atomic mass is 9.96. The van der Waals surface area contributed by atoms with Crippen LogP contribution >= 0.6 is 94.1 Å². The van der Waals surface area contributed by atoms with Crippen LogP contribution in [-0.4, -0.2) is 393 Å². The van der Waals surface area contributed by atoms with Gasteiger partial charge < -0.3 is 134 Å². The lowest BCUT2D eigenvalue weighted by molar-refractivity contribution is -0.374. The zero-order valence-corrected chi connectivity index (χ0v) is 70.4. The summed E-state index contributed by atoms with van der Waals surface area (Å²) in [5.74, 6) is -23.6. The maximum Gasteiger partial charge on any atom is 0.317 e. The number of hydrogen-bond acceptors (Lipinski definition) is 35. The molecule has 18 atom stereocenters. The summed E-state index contributed by atoms with van der Waals surface area (Å²) in [4.78, 5) is 191. The zero-order valence-electron chi connectivity index (χ0n) is 63.9. The Hall–Kier alpha value is -6.12. The van der Waals surface area contributed by atoms with Crippen LogP contribution in [0.1, 0.15) is 103 Å². The van der Waals surface area contributed by atoms with Gasteiger partial charge in [0.2, 0.25) is 0 Å². The van der Waals surface area contributed by atoms with Crippen LogP contribution in [0.2, 0.25) is 0 Å². The van der Waals surface area contributed by atoms with Gasteiger partial charge >= 0.3 is 95.5 Å². The Morgan fingerprint density at radius 2 is 0.412 bits per heavy atom. The smallest absolute Gasteiger partial charge is 0.317 e. The van der Waals surface area contributed by atoms with Gasteiger partial charge in [-0.2, -0.15) is 0 Å². The number of hydrogen-bond donors (Lipinski definition) is 16. The van der Waals surface area contributed by atoms with E-state index >= 15 is 0 Å². The molecule has 0 aliphatic carbocycles. The third-order valence-corrected chi connectivity index (χ3v) is 26.5. The highest BCUT2D eigenvalue weighted by Gasteiger charge is 2.55. The zero-order chi connectivity index (χ0) is 89.1. The van der Waals surface area contributed by atoms with E-state index in [1.54, 1.807) is 0 Å². The second-order valence-electron chi connectivity index (χ2n) is 25.6. The normalized spacial score (nSPS) is 21.2. The average Bonchev–Trinajstić information content (AvgIpc) is 0.768. The molecule has 119 heavy (non-hydrogen) atoms. The van der Waals surface area contributed by atoms with Gasteiger partial charge in [-0.1, -0.05) is 0 Å². The summed E-state index contributed by atoms with van der Waals surface area (Å²) in [5, 5.41) is 143. The van der Waals surface area contributed by atoms with E-state index in [0.717, 1.165) is 94.1 Å². The Morgan fingerprint density at radius 3 is 0.647 bits per heavy atom. The molecule has 2 rings (SSSR count). The average molecular weight is 1860 g/mol. The fourth-order valence-corrected chi connectivity index (χ4v) is 18.5. The fraction of sp³-hybridized carbons (Fsp3) is 0.765. The molecule has 0 aromatic heterocycles. The summed E-state index contributed by atoms with van der Waals surface area (Å²) in [5.41, 5.74) is 0. The van der Waals surface area contributed by atoms with Crippen molar-refractivity contribution in [3.63, 3.8) is 0 Å². The molecule has 2 aliphatic rings. The predicted molar refractivity (Wildman–Crippen MR) is 424 cm³/mol. The van der Waals surface area contributed by atoms with Crippen LogP contribution in [0.5, 0.6) is 0 Å². The molecule has 0 saturated carbocycles. The van der Waals surface area contributed by atoms with E-state index in [2.05, 4.69) is 0 Å². The van der Waals surface area contributed by atoms with E-state index in [0.29, 0.717) is 0 Å². The summed E-state index contributed by atoms with van der Waals surface area (Å²) in [6.07, 6.45) is -22.9. The second kappa shape index (κ2) is 62.1. The van der Waals surface area contributed by atoms with Crippen LogP contribution in [0.3, 0.4) is 0 Å². The number of thioether (sulfide) groups is 8. The van der Waals surface area contributed by atoms with E-state index in [1.165, 1.54) is 0 Å². The Labute approximate surface area is 714 Å². The van der Waals surface area contributed by atoms with Gasteiger partial charge in [0.15, 0.2) is 12.6 Å². The molecule has 51 heteroatoms. The van der Waals surface area contributed by atoms with Gasteiger partial charge in [0.1, 0.15) is 90.8 Å². The third kappa shape index (κ3) is 47.9. The lowest BCUT2D eigenvalue weighted by Gasteiger charge is -2.50. The molecule has 680 valence electrons. The van der Waals surface area contributed by atoms with Crippen molar-refractivity contribution in [3.8, 4) is 0 Å². The van der Waals surface area contributed by atoms with Crippen LogP contribution in [0.25, 0.3) is 0 Å². The minimum atomic E-state index is -1.92. The van der Waals surface area contributed by atoms with Crippen molar-refractivity contribution in [1.82, 2.24) is 0 Å². The van der Waals surface area contributed by atoms with Crippen LogP contribution in [0.15, 0.2) is 0 Å². The number of ether oxygens (including phenoxy) is 11. The van der Waals surface area contributed by atoms with Gasteiger partial charge in [-0.3, -0.25) is 76.7 Å². The number of carbonyl (C=O) groups is 16. The van der Waals surface area contributed by atoms with Gasteiger partial charge in [-0.15, -0.1) is 94.1 Å². The van der Waals surface area contributed by atoms with Crippen molar-refractivity contribution in [2.45, 2.75) is 206 Å². The highest BCUT2D eigenvalue weighted by molar-refractivity contribution is 8.02. The minimum Gasteiger partial charge on any atom is -0.481 e. The molecule has 9 unspecified atom stereocenters. The first-order valence-corrected chi connectivity index (χ1v) is 45.0. The van der Waals surface area contributed by atoms with Crippen molar-refractivity contribution >= 4 is 190 Å². The standard InChI is InChI=1S/C68H102O43S8/c69-45(70)25-37(59(85)86)112-17-1-9-101-33-35-53(103-11-3-19-114-39(61(89)90)27-47(73)74)55(104-12-4-20-115-40(62(91)92)28-48(75)76)58(107-15-7-23-118-43(65(97)98)31-51(81)82)68(110-35)111-54-36(34-102-10-2-18-113-38(60(87)88)26-46(71)72)109-67(108-16-8-24-119-44(66(99)100)32-52(83)84)57(106-14-6-22-117-42(64(95)96)30-50(79)80)56(54)105-13-5-21-116-41(63(93)94)29-49(77)78/h35-44,53-58,67-68H,1-34H2,(H,69,70)(H,71,72)(H,73,74)(H,75,76)(H,77,78)(H,79,80)(H,81,82)(H,83,84)(H,85,86)(H,87,88)(H,89,90)(H,91,92)(H,93,94)(H,95,96)(H,97,98)(H,99,100)/t35-,36-,37?,38?,39?,40?,41?,42?,43?,44?,53-,54-,55+,56+,57-,58-,67?,68-/m1/s1. The van der Waals surface area contributed by atoms with E-state index in [1.807, 2.05) is 0 Å². The Bertz CT molecular complexity index is 3200. The van der Waals surface area contributed by atoms with E-state index < -0.39 is 277 Å². The Kier molecular flexibility index (Phi) is 56.8. The van der Waals surface area contributed by atoms with E-state index in [9.17, 15) is 158 Å². The summed E-state index contributed by atoms with van der Waals surface area (Å²) in [6.45, 7) is -3.83. The van der Waals surface area contributed by atoms with Crippen LogP contribution in [0.4, 0.5) is 0 Å². The van der Waals surface area contributed by atoms with Crippen molar-refractivity contribution in [2.24, 2.45) is 0 Å². The third-order valence-electron chi connectivity index (χ3n) is 16.1. The molecule has 0 aromatic rings. The van der Waals surface area contributed by atoms with E-state index in [4.69, 9.17) is 52.1 Å². The first kappa shape index (κ1) is 109. The van der Waals surface area contributed by atoms with Crippen molar-refractivity contribution in [3.05, 3.63) is 0 Å². The fourth-order valence-electron chi connectivity index (χ4n) is 10.7. The second-order valence-corrected chi connectivity index (χ2v) is 36.1. The van der Waals surface area contributed by atoms with Crippen LogP contribution < -0.4 is 0 Å². The summed E-state index contributed by atoms with van der Waals surface area (Å²) >= 11 is 5.99. The molecule has 0 spiro atoms. The molecule has 2 saturated heterocycles. The molecule has 16 N–H and O–H groups in total. The number of rotatable bonds is 76. The molecule has 0 amide bonds. The quantitative estimate of drug-likeness (QED) is 0.0389. The van der Waals surface area contributed by atoms with Crippen molar-refractivity contribution in [2.75, 3.05) is 112 Å². The largest absolute Gasteiger partial charge is 0.481 e. The molecule has 2 fully saturated rings. The van der Waals surface area contributed by atoms with Gasteiger partial charge in [-0.05, 0) is 97.4 Å². The van der Waals surface area contributed by atoms with E-state index in [-0.39, 0.29) is 137 Å². The Morgan fingerprint density at radius 1 is 0.227 bits per heavy atom. The Balaban J connectivity index is 3.28. The molecule has 2 aliphatic heterocycles. The molecule has 0 radical (unpaired) electrons. The monoisotopic (exact) mass is 1860 g/mol. The molecular weight excluding hydrogens is 1760 g/mol. The molecule has 43 nitrogen and oxygen atoms in total. The first-order chi connectivity index (χ1) is 56.3. The summed E-state index contributed by atoms with van der Waals surface area (Å²) in [6, 6.07) is 0. The first-order valence-electron chi connectivity index (χ1n) is 36.6. The highest BCUT2D eigenvalue weighted by atomic mass is 32.2. The minimum absolute atomic E-state index is 0.00634. The van der Waals surface area contributed by atoms with Crippen molar-refractivity contribution in [1.29, 1.82) is 0 Å². The SMILES string of the molecule is O=C(O)CC(SCCCOC[C@H]1O[C@H](O[C@H]2[C@H](OCCCSC(CC(=O)O)C(=O)O)[C@@H](OCCCSC(CC(=O)O)C(=O)O)C(OCCCSC(CC(=O)O)C(=O)O)O[C@@H]2COCCCSC(CC(=O)O)C(=O)O)[C@H](OCCCSC(CC(=O)O)C(=O)O)[C@@H](OCCCSC(CC(=O)O)C(=O)O)[C@@H]1OCCCSC(CC(=O)O)C(=O)O)C(=O)O. The molecule has 0 aromatic carbocycles. The lowest BCUT2D eigenvalue weighted by Crippen LogP contribution is -2.66. The predicted octanol–water partition coefficient (Wildman–Crippen LogP) is 3.21. The number of aliphatic carboxylic acids is 16. The summed E-state index contributed by atoms with van der Waals surface area (Å²) in [7, 11) is 0. The highest BCUT2D eigenvalue weighted by Crippen LogP contribution is 2.37. The number of carboxylic acid groups (broad SMARTS) is 16. The van der Waals surface area contributed by atoms with Gasteiger partial charge in [0.05, 0.1) is 71.2 Å². The maximum atomic E-state index is 12.3. The van der Waals surface area contributed by atoms with Gasteiger partial charge in [0.25, 0.3) is 0 Å². The van der Waals surface area contributed by atoms with Gasteiger partial charge in [0, 0.05) is 46.2 Å². The topological polar surface area (TPSA) is 698 Å². The van der Waals surface area contributed by atoms with Gasteiger partial charge in [-0.25, -0.2) is 0 Å². The summed E-state index contributed by atoms with van der Waals surface area (Å²) < 4.78 is 73.1. The molecule has 0 bridgehead atoms. The molecule has 2 heterocycles. The number of carboxylic acids is 16. The maximum absolute atomic E-state index is 12.3. The molecular formula is C68H102O43S8. The van der Waals surface area contributed by atoms with Crippen LogP contribution in [0, 0.1) is 0 Å². The van der Waals surface area contributed by atoms with Crippen molar-refractivity contribution < 1.29 is 211 Å². The van der Waals surface area contributed by atoms with Crippen LogP contribution in [-0.2, 0) is 129 Å².